The molecule has 0 bridgehead atoms. The van der Waals surface area contributed by atoms with Gasteiger partial charge in [-0.15, -0.1) is 0 Å². The fourth-order valence-electron chi connectivity index (χ4n) is 3.68. The molecule has 0 aliphatic carbocycles. The number of H-pyrrole nitrogens is 1. The van der Waals surface area contributed by atoms with E-state index in [1.165, 1.54) is 0 Å². The van der Waals surface area contributed by atoms with Crippen LogP contribution in [0.1, 0.15) is 25.5 Å². The average molecular weight is 474 g/mol. The van der Waals surface area contributed by atoms with Crippen LogP contribution < -0.4 is 10.1 Å². The number of carbonyl (C=O) groups excluding carboxylic acids is 1. The Bertz CT molecular complexity index is 1090. The molecule has 1 amide bonds. The second-order valence-corrected chi connectivity index (χ2v) is 8.02. The fraction of sp³-hybridized carbons (Fsp3) is 0.348. The second-order valence-electron chi connectivity index (χ2n) is 7.23. The lowest BCUT2D eigenvalue weighted by Crippen LogP contribution is -2.39. The molecule has 1 aromatic heterocycles. The zero-order valence-corrected chi connectivity index (χ0v) is 20.0. The Hall–Kier alpha value is -2.68. The van der Waals surface area contributed by atoms with Crippen molar-refractivity contribution in [1.29, 1.82) is 0 Å². The van der Waals surface area contributed by atoms with Gasteiger partial charge in [0.1, 0.15) is 12.3 Å². The predicted molar refractivity (Wildman–Crippen MR) is 130 cm³/mol. The molecule has 7 nitrogen and oxygen atoms in total. The third-order valence-electron chi connectivity index (χ3n) is 5.42. The van der Waals surface area contributed by atoms with E-state index in [0.29, 0.717) is 22.2 Å². The SMILES string of the molecule is CCN(CC)C(CNC(=O)Cn1c(-c2ccc(OC)cc2)n[nH]c1=S)c1ccccc1Cl. The van der Waals surface area contributed by atoms with Crippen LogP contribution in [-0.2, 0) is 11.3 Å². The summed E-state index contributed by atoms with van der Waals surface area (Å²) in [6, 6.07) is 15.2. The van der Waals surface area contributed by atoms with Gasteiger partial charge in [-0.2, -0.15) is 5.10 Å². The zero-order chi connectivity index (χ0) is 23.1. The lowest BCUT2D eigenvalue weighted by atomic mass is 10.0. The zero-order valence-electron chi connectivity index (χ0n) is 18.5. The van der Waals surface area contributed by atoms with E-state index in [-0.39, 0.29) is 18.5 Å². The van der Waals surface area contributed by atoms with Gasteiger partial charge in [-0.05, 0) is 61.2 Å². The molecule has 3 rings (SSSR count). The highest BCUT2D eigenvalue weighted by Crippen LogP contribution is 2.27. The maximum absolute atomic E-state index is 12.9. The number of hydrogen-bond donors (Lipinski definition) is 2. The molecular weight excluding hydrogens is 446 g/mol. The molecule has 0 spiro atoms. The molecule has 0 saturated carbocycles. The number of amides is 1. The minimum Gasteiger partial charge on any atom is -0.497 e. The molecule has 0 fully saturated rings. The molecule has 1 heterocycles. The van der Waals surface area contributed by atoms with Crippen LogP contribution >= 0.6 is 23.8 Å². The lowest BCUT2D eigenvalue weighted by Gasteiger charge is -2.31. The number of methoxy groups -OCH3 is 1. The Morgan fingerprint density at radius 1 is 1.22 bits per heavy atom. The molecule has 1 unspecified atom stereocenters. The molecule has 1 atom stereocenters. The van der Waals surface area contributed by atoms with Crippen molar-refractivity contribution >= 4 is 29.7 Å². The van der Waals surface area contributed by atoms with Gasteiger partial charge in [0, 0.05) is 17.1 Å². The number of hydrogen-bond acceptors (Lipinski definition) is 5. The molecule has 2 aromatic carbocycles. The summed E-state index contributed by atoms with van der Waals surface area (Å²) < 4.78 is 7.28. The Labute approximate surface area is 198 Å². The van der Waals surface area contributed by atoms with E-state index >= 15 is 0 Å². The first kappa shape index (κ1) is 24.0. The van der Waals surface area contributed by atoms with Gasteiger partial charge in [0.25, 0.3) is 0 Å². The van der Waals surface area contributed by atoms with Gasteiger partial charge in [-0.1, -0.05) is 43.6 Å². The van der Waals surface area contributed by atoms with Crippen molar-refractivity contribution in [2.24, 2.45) is 0 Å². The van der Waals surface area contributed by atoms with Crippen LogP contribution in [0.5, 0.6) is 5.75 Å². The molecular formula is C23H28ClN5O2S. The molecule has 0 aliphatic heterocycles. The lowest BCUT2D eigenvalue weighted by molar-refractivity contribution is -0.121. The number of aromatic nitrogens is 3. The van der Waals surface area contributed by atoms with Crippen LogP contribution in [0.3, 0.4) is 0 Å². The first-order chi connectivity index (χ1) is 15.5. The van der Waals surface area contributed by atoms with Crippen molar-refractivity contribution in [2.45, 2.75) is 26.4 Å². The number of ether oxygens (including phenoxy) is 1. The van der Waals surface area contributed by atoms with Crippen LogP contribution in [0, 0.1) is 4.77 Å². The van der Waals surface area contributed by atoms with E-state index in [2.05, 4.69) is 34.3 Å². The summed E-state index contributed by atoms with van der Waals surface area (Å²) in [5.41, 5.74) is 1.83. The van der Waals surface area contributed by atoms with Crippen molar-refractivity contribution < 1.29 is 9.53 Å². The van der Waals surface area contributed by atoms with Crippen LogP contribution in [-0.4, -0.2) is 52.3 Å². The van der Waals surface area contributed by atoms with Gasteiger partial charge >= 0.3 is 0 Å². The molecule has 0 saturated heterocycles. The standard InChI is InChI=1S/C23H28ClN5O2S/c1-4-28(5-2)20(18-8-6-7-9-19(18)24)14-25-21(30)15-29-22(26-27-23(29)32)16-10-12-17(31-3)13-11-16/h6-13,20H,4-5,14-15H2,1-3H3,(H,25,30)(H,27,32). The first-order valence-electron chi connectivity index (χ1n) is 10.5. The Kier molecular flexibility index (Phi) is 8.44. The molecule has 0 aliphatic rings. The van der Waals surface area contributed by atoms with E-state index < -0.39 is 0 Å². The Morgan fingerprint density at radius 2 is 1.91 bits per heavy atom. The van der Waals surface area contributed by atoms with Gasteiger partial charge in [-0.3, -0.25) is 19.4 Å². The minimum atomic E-state index is -0.151. The van der Waals surface area contributed by atoms with Crippen LogP contribution in [0.4, 0.5) is 0 Å². The van der Waals surface area contributed by atoms with Gasteiger partial charge < -0.3 is 10.1 Å². The molecule has 3 aromatic rings. The fourth-order valence-corrected chi connectivity index (χ4v) is 4.14. The Balaban J connectivity index is 1.75. The summed E-state index contributed by atoms with van der Waals surface area (Å²) in [4.78, 5) is 15.1. The van der Waals surface area contributed by atoms with E-state index in [1.54, 1.807) is 11.7 Å². The van der Waals surface area contributed by atoms with Crippen molar-refractivity contribution in [3.63, 3.8) is 0 Å². The van der Waals surface area contributed by atoms with Crippen molar-refractivity contribution in [1.82, 2.24) is 25.0 Å². The first-order valence-corrected chi connectivity index (χ1v) is 11.3. The molecule has 170 valence electrons. The van der Waals surface area contributed by atoms with E-state index in [4.69, 9.17) is 28.6 Å². The van der Waals surface area contributed by atoms with Crippen molar-refractivity contribution in [3.8, 4) is 17.1 Å². The number of carbonyl (C=O) groups is 1. The second kappa shape index (κ2) is 11.3. The normalized spacial score (nSPS) is 12.0. The summed E-state index contributed by atoms with van der Waals surface area (Å²) in [5.74, 6) is 1.19. The monoisotopic (exact) mass is 473 g/mol. The highest BCUT2D eigenvalue weighted by Gasteiger charge is 2.21. The average Bonchev–Trinajstić information content (AvgIpc) is 3.17. The van der Waals surface area contributed by atoms with E-state index in [0.717, 1.165) is 30.0 Å². The summed E-state index contributed by atoms with van der Waals surface area (Å²) in [5, 5.41) is 10.8. The van der Waals surface area contributed by atoms with Gasteiger partial charge in [0.2, 0.25) is 5.91 Å². The molecule has 9 heteroatoms. The summed E-state index contributed by atoms with van der Waals surface area (Å²) in [6.07, 6.45) is 0. The van der Waals surface area contributed by atoms with Crippen LogP contribution in [0.15, 0.2) is 48.5 Å². The van der Waals surface area contributed by atoms with Crippen LogP contribution in [0.2, 0.25) is 5.02 Å². The number of benzene rings is 2. The number of rotatable bonds is 10. The topological polar surface area (TPSA) is 75.2 Å². The van der Waals surface area contributed by atoms with Crippen molar-refractivity contribution in [2.75, 3.05) is 26.7 Å². The summed E-state index contributed by atoms with van der Waals surface area (Å²) in [7, 11) is 1.61. The summed E-state index contributed by atoms with van der Waals surface area (Å²) in [6.45, 7) is 6.38. The van der Waals surface area contributed by atoms with Gasteiger partial charge in [-0.25, -0.2) is 0 Å². The number of likely N-dealkylation sites (N-methyl/N-ethyl adjacent to an activating group) is 1. The molecule has 0 radical (unpaired) electrons. The number of halogens is 1. The number of nitrogens with one attached hydrogen (secondary N) is 2. The van der Waals surface area contributed by atoms with E-state index in [1.807, 2.05) is 48.5 Å². The predicted octanol–water partition coefficient (Wildman–Crippen LogP) is 4.47. The quantitative estimate of drug-likeness (QED) is 0.425. The number of nitrogens with zero attached hydrogens (tertiary/aromatic N) is 3. The molecule has 32 heavy (non-hydrogen) atoms. The van der Waals surface area contributed by atoms with Gasteiger partial charge in [0.15, 0.2) is 10.6 Å². The Morgan fingerprint density at radius 3 is 2.53 bits per heavy atom. The van der Waals surface area contributed by atoms with Gasteiger partial charge in [0.05, 0.1) is 13.2 Å². The maximum Gasteiger partial charge on any atom is 0.240 e. The van der Waals surface area contributed by atoms with E-state index in [9.17, 15) is 4.79 Å². The maximum atomic E-state index is 12.9. The molecule has 2 N–H and O–H groups in total. The smallest absolute Gasteiger partial charge is 0.240 e. The highest BCUT2D eigenvalue weighted by molar-refractivity contribution is 7.71. The van der Waals surface area contributed by atoms with Crippen LogP contribution in [0.25, 0.3) is 11.4 Å². The number of aromatic amines is 1. The largest absolute Gasteiger partial charge is 0.497 e. The van der Waals surface area contributed by atoms with Crippen molar-refractivity contribution in [3.05, 3.63) is 63.9 Å². The minimum absolute atomic E-state index is 0.0268. The third-order valence-corrected chi connectivity index (χ3v) is 6.07. The summed E-state index contributed by atoms with van der Waals surface area (Å²) >= 11 is 11.8. The highest BCUT2D eigenvalue weighted by atomic mass is 35.5. The third kappa shape index (κ3) is 5.56.